The lowest BCUT2D eigenvalue weighted by atomic mass is 10.1. The standard InChI is InChI=1S/C20H26N2O3S/c1-5-22(26(24,25)6-2)19-13-11-18(12-14-19)20(23)21-16(4)17-9-7-15(3)8-10-17/h7-14,16H,5-6H2,1-4H3,(H,21,23)/t16-/m0/s1. The fourth-order valence-electron chi connectivity index (χ4n) is 2.69. The minimum atomic E-state index is -3.32. The molecule has 26 heavy (non-hydrogen) atoms. The molecule has 140 valence electrons. The second-order valence-corrected chi connectivity index (χ2v) is 8.40. The van der Waals surface area contributed by atoms with Crippen LogP contribution in [-0.2, 0) is 10.0 Å². The topological polar surface area (TPSA) is 66.5 Å². The number of aryl methyl sites for hydroxylation is 1. The molecule has 2 rings (SSSR count). The number of amides is 1. The SMILES string of the molecule is CCN(c1ccc(C(=O)N[C@@H](C)c2ccc(C)cc2)cc1)S(=O)(=O)CC. The number of nitrogens with zero attached hydrogens (tertiary/aromatic N) is 1. The van der Waals surface area contributed by atoms with E-state index in [4.69, 9.17) is 0 Å². The lowest BCUT2D eigenvalue weighted by Gasteiger charge is -2.22. The lowest BCUT2D eigenvalue weighted by Crippen LogP contribution is -2.32. The van der Waals surface area contributed by atoms with E-state index in [9.17, 15) is 13.2 Å². The van der Waals surface area contributed by atoms with Gasteiger partial charge in [-0.05, 0) is 57.5 Å². The van der Waals surface area contributed by atoms with Crippen LogP contribution in [0.15, 0.2) is 48.5 Å². The third-order valence-corrected chi connectivity index (χ3v) is 6.20. The number of benzene rings is 2. The van der Waals surface area contributed by atoms with Crippen molar-refractivity contribution in [3.05, 3.63) is 65.2 Å². The Morgan fingerprint density at radius 3 is 2.12 bits per heavy atom. The fourth-order valence-corrected chi connectivity index (χ4v) is 3.84. The molecule has 0 aliphatic heterocycles. The molecule has 0 saturated carbocycles. The molecule has 2 aromatic carbocycles. The van der Waals surface area contributed by atoms with Crippen molar-refractivity contribution in [3.8, 4) is 0 Å². The third kappa shape index (κ3) is 4.64. The van der Waals surface area contributed by atoms with Gasteiger partial charge in [-0.15, -0.1) is 0 Å². The summed E-state index contributed by atoms with van der Waals surface area (Å²) in [4.78, 5) is 12.5. The van der Waals surface area contributed by atoms with Gasteiger partial charge in [0.15, 0.2) is 0 Å². The molecule has 0 unspecified atom stereocenters. The highest BCUT2D eigenvalue weighted by atomic mass is 32.2. The maximum atomic E-state index is 12.5. The number of anilines is 1. The van der Waals surface area contributed by atoms with Crippen LogP contribution in [0.25, 0.3) is 0 Å². The molecule has 0 aromatic heterocycles. The first-order valence-electron chi connectivity index (χ1n) is 8.76. The zero-order valence-electron chi connectivity index (χ0n) is 15.7. The number of hydrogen-bond donors (Lipinski definition) is 1. The largest absolute Gasteiger partial charge is 0.346 e. The van der Waals surface area contributed by atoms with E-state index in [1.807, 2.05) is 38.1 Å². The Balaban J connectivity index is 2.12. The summed E-state index contributed by atoms with van der Waals surface area (Å²) in [6.45, 7) is 7.71. The maximum Gasteiger partial charge on any atom is 0.251 e. The van der Waals surface area contributed by atoms with Gasteiger partial charge in [-0.2, -0.15) is 0 Å². The van der Waals surface area contributed by atoms with Crippen LogP contribution in [0.3, 0.4) is 0 Å². The Labute approximate surface area is 156 Å². The van der Waals surface area contributed by atoms with Gasteiger partial charge >= 0.3 is 0 Å². The molecule has 0 radical (unpaired) electrons. The van der Waals surface area contributed by atoms with Crippen LogP contribution in [-0.4, -0.2) is 26.6 Å². The van der Waals surface area contributed by atoms with E-state index in [1.54, 1.807) is 38.1 Å². The molecule has 1 N–H and O–H groups in total. The number of carbonyl (C=O) groups excluding carboxylic acids is 1. The summed E-state index contributed by atoms with van der Waals surface area (Å²) >= 11 is 0. The highest BCUT2D eigenvalue weighted by molar-refractivity contribution is 7.92. The zero-order chi connectivity index (χ0) is 19.3. The Morgan fingerprint density at radius 1 is 1.04 bits per heavy atom. The molecule has 0 saturated heterocycles. The summed E-state index contributed by atoms with van der Waals surface area (Å²) in [6.07, 6.45) is 0. The molecular formula is C20H26N2O3S. The summed E-state index contributed by atoms with van der Waals surface area (Å²) in [7, 11) is -3.32. The number of rotatable bonds is 7. The van der Waals surface area contributed by atoms with Crippen LogP contribution in [0.5, 0.6) is 0 Å². The second kappa shape index (κ2) is 8.36. The molecule has 6 heteroatoms. The minimum Gasteiger partial charge on any atom is -0.346 e. The van der Waals surface area contributed by atoms with Gasteiger partial charge in [-0.1, -0.05) is 29.8 Å². The maximum absolute atomic E-state index is 12.5. The van der Waals surface area contributed by atoms with Crippen molar-refractivity contribution in [1.29, 1.82) is 0 Å². The van der Waals surface area contributed by atoms with Crippen LogP contribution in [0.1, 0.15) is 48.3 Å². The van der Waals surface area contributed by atoms with Gasteiger partial charge in [0.05, 0.1) is 17.5 Å². The normalized spacial score (nSPS) is 12.5. The average molecular weight is 375 g/mol. The lowest BCUT2D eigenvalue weighted by molar-refractivity contribution is 0.0940. The van der Waals surface area contributed by atoms with E-state index in [0.29, 0.717) is 17.8 Å². The molecule has 0 bridgehead atoms. The Bertz CT molecular complexity index is 844. The van der Waals surface area contributed by atoms with Gasteiger partial charge in [0.2, 0.25) is 10.0 Å². The van der Waals surface area contributed by atoms with Crippen LogP contribution in [0.2, 0.25) is 0 Å². The van der Waals surface area contributed by atoms with Crippen molar-refractivity contribution < 1.29 is 13.2 Å². The highest BCUT2D eigenvalue weighted by Crippen LogP contribution is 2.20. The first-order chi connectivity index (χ1) is 12.3. The Hall–Kier alpha value is -2.34. The van der Waals surface area contributed by atoms with Gasteiger partial charge in [-0.3, -0.25) is 9.10 Å². The van der Waals surface area contributed by atoms with Gasteiger partial charge < -0.3 is 5.32 Å². The monoisotopic (exact) mass is 374 g/mol. The number of carbonyl (C=O) groups is 1. The smallest absolute Gasteiger partial charge is 0.251 e. The number of sulfonamides is 1. The molecule has 0 aliphatic rings. The summed E-state index contributed by atoms with van der Waals surface area (Å²) < 4.78 is 25.6. The first-order valence-corrected chi connectivity index (χ1v) is 10.4. The van der Waals surface area contributed by atoms with Crippen molar-refractivity contribution in [2.75, 3.05) is 16.6 Å². The Morgan fingerprint density at radius 2 is 1.62 bits per heavy atom. The van der Waals surface area contributed by atoms with Crippen molar-refractivity contribution in [2.24, 2.45) is 0 Å². The predicted octanol–water partition coefficient (Wildman–Crippen LogP) is 3.66. The average Bonchev–Trinajstić information content (AvgIpc) is 2.63. The molecule has 1 amide bonds. The van der Waals surface area contributed by atoms with Crippen molar-refractivity contribution in [2.45, 2.75) is 33.7 Å². The van der Waals surface area contributed by atoms with E-state index >= 15 is 0 Å². The van der Waals surface area contributed by atoms with Crippen LogP contribution >= 0.6 is 0 Å². The third-order valence-electron chi connectivity index (χ3n) is 4.33. The fraction of sp³-hybridized carbons (Fsp3) is 0.350. The molecule has 0 spiro atoms. The highest BCUT2D eigenvalue weighted by Gasteiger charge is 2.19. The number of hydrogen-bond acceptors (Lipinski definition) is 3. The molecule has 2 aromatic rings. The molecule has 0 aliphatic carbocycles. The number of nitrogens with one attached hydrogen (secondary N) is 1. The Kier molecular flexibility index (Phi) is 6.42. The molecule has 0 fully saturated rings. The molecule has 0 heterocycles. The first kappa shape index (κ1) is 20.0. The van der Waals surface area contributed by atoms with Crippen LogP contribution in [0, 0.1) is 6.92 Å². The summed E-state index contributed by atoms with van der Waals surface area (Å²) in [5.41, 5.74) is 3.27. The van der Waals surface area contributed by atoms with E-state index < -0.39 is 10.0 Å². The van der Waals surface area contributed by atoms with E-state index in [-0.39, 0.29) is 17.7 Å². The van der Waals surface area contributed by atoms with E-state index in [1.165, 1.54) is 9.87 Å². The summed E-state index contributed by atoms with van der Waals surface area (Å²) in [5, 5.41) is 2.97. The van der Waals surface area contributed by atoms with E-state index in [2.05, 4.69) is 5.32 Å². The molecule has 5 nitrogen and oxygen atoms in total. The van der Waals surface area contributed by atoms with Crippen LogP contribution in [0.4, 0.5) is 5.69 Å². The summed E-state index contributed by atoms with van der Waals surface area (Å²) in [5.74, 6) is -0.150. The van der Waals surface area contributed by atoms with Gasteiger partial charge in [-0.25, -0.2) is 8.42 Å². The molecule has 1 atom stereocenters. The minimum absolute atomic E-state index is 0.0388. The van der Waals surface area contributed by atoms with Crippen LogP contribution < -0.4 is 9.62 Å². The molecular weight excluding hydrogens is 348 g/mol. The second-order valence-electron chi connectivity index (χ2n) is 6.22. The van der Waals surface area contributed by atoms with Gasteiger partial charge in [0.25, 0.3) is 5.91 Å². The van der Waals surface area contributed by atoms with Crippen molar-refractivity contribution >= 4 is 21.6 Å². The summed E-state index contributed by atoms with van der Waals surface area (Å²) in [6, 6.07) is 14.6. The van der Waals surface area contributed by atoms with Crippen molar-refractivity contribution in [3.63, 3.8) is 0 Å². The predicted molar refractivity (Wildman–Crippen MR) is 106 cm³/mol. The quantitative estimate of drug-likeness (QED) is 0.804. The zero-order valence-corrected chi connectivity index (χ0v) is 16.5. The van der Waals surface area contributed by atoms with Gasteiger partial charge in [0, 0.05) is 12.1 Å². The van der Waals surface area contributed by atoms with Crippen molar-refractivity contribution in [1.82, 2.24) is 5.32 Å². The van der Waals surface area contributed by atoms with E-state index in [0.717, 1.165) is 5.56 Å². The van der Waals surface area contributed by atoms with Gasteiger partial charge in [0.1, 0.15) is 0 Å².